The summed E-state index contributed by atoms with van der Waals surface area (Å²) in [5, 5.41) is 3.13. The van der Waals surface area contributed by atoms with Crippen LogP contribution < -0.4 is 5.32 Å². The molecule has 1 heterocycles. The predicted molar refractivity (Wildman–Crippen MR) is 84.5 cm³/mol. The summed E-state index contributed by atoms with van der Waals surface area (Å²) in [6.45, 7) is 2.71. The first-order chi connectivity index (χ1) is 9.90. The fraction of sp³-hybridized carbons (Fsp3) is 0.714. The third kappa shape index (κ3) is 4.69. The molecule has 2 rings (SSSR count). The number of rotatable bonds is 5. The molecular weight excluding hydrogens is 394 g/mol. The van der Waals surface area contributed by atoms with E-state index in [4.69, 9.17) is 0 Å². The molecule has 1 saturated carbocycles. The van der Waals surface area contributed by atoms with Gasteiger partial charge < -0.3 is 5.32 Å². The van der Waals surface area contributed by atoms with E-state index in [1.54, 1.807) is 0 Å². The summed E-state index contributed by atoms with van der Waals surface area (Å²) in [6, 6.07) is 0. The van der Waals surface area contributed by atoms with Gasteiger partial charge in [0, 0.05) is 12.5 Å². The number of nitrogens with zero attached hydrogens (tertiary/aromatic N) is 2. The Bertz CT molecular complexity index is 485. The zero-order valence-corrected chi connectivity index (χ0v) is 14.1. The first kappa shape index (κ1) is 16.8. The molecule has 21 heavy (non-hydrogen) atoms. The summed E-state index contributed by atoms with van der Waals surface area (Å²) < 4.78 is 38.8. The van der Waals surface area contributed by atoms with Crippen molar-refractivity contribution in [3.63, 3.8) is 0 Å². The van der Waals surface area contributed by atoms with Crippen LogP contribution in [0.5, 0.6) is 0 Å². The highest BCUT2D eigenvalue weighted by atomic mass is 127. The molecule has 1 aliphatic carbocycles. The van der Waals surface area contributed by atoms with Gasteiger partial charge in [-0.3, -0.25) is 0 Å². The second-order valence-corrected chi connectivity index (χ2v) is 6.47. The second kappa shape index (κ2) is 7.11. The van der Waals surface area contributed by atoms with E-state index in [0.717, 1.165) is 41.4 Å². The van der Waals surface area contributed by atoms with E-state index < -0.39 is 12.6 Å². The lowest BCUT2D eigenvalue weighted by atomic mass is 10.0. The number of alkyl halides is 3. The summed E-state index contributed by atoms with van der Waals surface area (Å²) in [7, 11) is 0. The van der Waals surface area contributed by atoms with Crippen LogP contribution in [0.25, 0.3) is 0 Å². The molecule has 0 saturated heterocycles. The summed E-state index contributed by atoms with van der Waals surface area (Å²) >= 11 is 2.16. The Morgan fingerprint density at radius 1 is 1.24 bits per heavy atom. The van der Waals surface area contributed by atoms with Crippen LogP contribution in [0.4, 0.5) is 19.0 Å². The number of anilines is 1. The number of hydrogen-bond acceptors (Lipinski definition) is 3. The van der Waals surface area contributed by atoms with Gasteiger partial charge in [0.25, 0.3) is 0 Å². The Morgan fingerprint density at radius 2 is 1.90 bits per heavy atom. The highest BCUT2D eigenvalue weighted by molar-refractivity contribution is 14.1. The van der Waals surface area contributed by atoms with E-state index in [-0.39, 0.29) is 11.7 Å². The average Bonchev–Trinajstić information content (AvgIpc) is 2.91. The van der Waals surface area contributed by atoms with Crippen molar-refractivity contribution in [2.24, 2.45) is 0 Å². The Kier molecular flexibility index (Phi) is 5.67. The molecule has 1 fully saturated rings. The van der Waals surface area contributed by atoms with E-state index in [2.05, 4.69) is 37.9 Å². The van der Waals surface area contributed by atoms with Gasteiger partial charge in [-0.15, -0.1) is 0 Å². The van der Waals surface area contributed by atoms with E-state index >= 15 is 0 Å². The molecule has 0 aromatic carbocycles. The number of aromatic nitrogens is 2. The van der Waals surface area contributed by atoms with Gasteiger partial charge in [-0.1, -0.05) is 19.8 Å². The maximum absolute atomic E-state index is 12.6. The number of nitrogens with one attached hydrogen (secondary N) is 1. The van der Waals surface area contributed by atoms with Gasteiger partial charge in [0.15, 0.2) is 0 Å². The highest BCUT2D eigenvalue weighted by Gasteiger charge is 2.31. The van der Waals surface area contributed by atoms with E-state index in [9.17, 15) is 13.2 Å². The topological polar surface area (TPSA) is 37.8 Å². The summed E-state index contributed by atoms with van der Waals surface area (Å²) in [6.07, 6.45) is -0.189. The summed E-state index contributed by atoms with van der Waals surface area (Å²) in [4.78, 5) is 8.31. The van der Waals surface area contributed by atoms with Gasteiger partial charge in [-0.25, -0.2) is 9.97 Å². The second-order valence-electron chi connectivity index (χ2n) is 5.39. The predicted octanol–water partition coefficient (Wildman–Crippen LogP) is 4.67. The van der Waals surface area contributed by atoms with Crippen LogP contribution in [0.3, 0.4) is 0 Å². The molecule has 1 aliphatic rings. The maximum Gasteiger partial charge on any atom is 0.396 e. The molecule has 3 nitrogen and oxygen atoms in total. The van der Waals surface area contributed by atoms with Crippen molar-refractivity contribution in [1.29, 1.82) is 0 Å². The van der Waals surface area contributed by atoms with Gasteiger partial charge >= 0.3 is 6.18 Å². The molecule has 0 aliphatic heterocycles. The lowest BCUT2D eigenvalue weighted by Crippen LogP contribution is -2.18. The first-order valence-electron chi connectivity index (χ1n) is 7.27. The molecule has 0 bridgehead atoms. The van der Waals surface area contributed by atoms with Crippen molar-refractivity contribution in [1.82, 2.24) is 9.97 Å². The summed E-state index contributed by atoms with van der Waals surface area (Å²) in [5.41, 5.74) is 0.793. The molecule has 1 aromatic rings. The van der Waals surface area contributed by atoms with Crippen molar-refractivity contribution in [2.45, 2.75) is 57.5 Å². The minimum Gasteiger partial charge on any atom is -0.369 e. The molecular formula is C14H19F3IN3. The molecule has 0 unspecified atom stereocenters. The highest BCUT2D eigenvalue weighted by Crippen LogP contribution is 2.37. The third-order valence-corrected chi connectivity index (χ3v) is 4.63. The first-order valence-corrected chi connectivity index (χ1v) is 8.35. The normalized spacial score (nSPS) is 16.4. The van der Waals surface area contributed by atoms with Crippen LogP contribution in [-0.2, 0) is 6.42 Å². The van der Waals surface area contributed by atoms with Crippen LogP contribution >= 0.6 is 22.6 Å². The van der Waals surface area contributed by atoms with E-state index in [0.29, 0.717) is 12.4 Å². The number of hydrogen-bond donors (Lipinski definition) is 1. The smallest absolute Gasteiger partial charge is 0.369 e. The van der Waals surface area contributed by atoms with Crippen LogP contribution in [0.1, 0.15) is 56.5 Å². The van der Waals surface area contributed by atoms with Crippen molar-refractivity contribution in [3.05, 3.63) is 15.1 Å². The maximum atomic E-state index is 12.6. The van der Waals surface area contributed by atoms with Crippen LogP contribution in [0.15, 0.2) is 0 Å². The summed E-state index contributed by atoms with van der Waals surface area (Å²) in [5.74, 6) is 0.700. The Hall–Kier alpha value is -0.600. The minimum atomic E-state index is -4.28. The number of halogens is 4. The molecule has 0 amide bonds. The Labute approximate surface area is 136 Å². The lowest BCUT2D eigenvalue weighted by Gasteiger charge is -2.17. The van der Waals surface area contributed by atoms with E-state index in [1.165, 1.54) is 0 Å². The third-order valence-electron chi connectivity index (χ3n) is 3.57. The van der Waals surface area contributed by atoms with Crippen LogP contribution in [0.2, 0.25) is 0 Å². The Morgan fingerprint density at radius 3 is 2.48 bits per heavy atom. The SMILES string of the molecule is CCCNc1nc(CC(F)(F)F)nc(C2CCCC2)c1I. The van der Waals surface area contributed by atoms with Crippen LogP contribution in [-0.4, -0.2) is 22.7 Å². The molecule has 1 aromatic heterocycles. The Balaban J connectivity index is 2.34. The van der Waals surface area contributed by atoms with Crippen molar-refractivity contribution < 1.29 is 13.2 Å². The van der Waals surface area contributed by atoms with Crippen LogP contribution in [0, 0.1) is 3.57 Å². The largest absolute Gasteiger partial charge is 0.396 e. The van der Waals surface area contributed by atoms with E-state index in [1.807, 2.05) is 6.92 Å². The molecule has 1 N–H and O–H groups in total. The molecule has 0 atom stereocenters. The van der Waals surface area contributed by atoms with Gasteiger partial charge in [0.1, 0.15) is 18.1 Å². The fourth-order valence-electron chi connectivity index (χ4n) is 2.60. The molecule has 7 heteroatoms. The quantitative estimate of drug-likeness (QED) is 0.714. The van der Waals surface area contributed by atoms with Crippen molar-refractivity contribution >= 4 is 28.4 Å². The monoisotopic (exact) mass is 413 g/mol. The minimum absolute atomic E-state index is 0.122. The lowest BCUT2D eigenvalue weighted by molar-refractivity contribution is -0.128. The van der Waals surface area contributed by atoms with Gasteiger partial charge in [-0.2, -0.15) is 13.2 Å². The zero-order chi connectivity index (χ0) is 15.5. The fourth-order valence-corrected chi connectivity index (χ4v) is 3.47. The standard InChI is InChI=1S/C14H19F3IN3/c1-2-7-19-13-11(18)12(9-5-3-4-6-9)20-10(21-13)8-14(15,16)17/h9H,2-8H2,1H3,(H,19,20,21). The van der Waals surface area contributed by atoms with Gasteiger partial charge in [0.05, 0.1) is 9.26 Å². The zero-order valence-electron chi connectivity index (χ0n) is 11.9. The van der Waals surface area contributed by atoms with Gasteiger partial charge in [-0.05, 0) is 41.9 Å². The van der Waals surface area contributed by atoms with Crippen molar-refractivity contribution in [3.8, 4) is 0 Å². The van der Waals surface area contributed by atoms with Gasteiger partial charge in [0.2, 0.25) is 0 Å². The molecule has 0 spiro atoms. The van der Waals surface area contributed by atoms with Crippen molar-refractivity contribution in [2.75, 3.05) is 11.9 Å². The molecule has 0 radical (unpaired) electrons. The average molecular weight is 413 g/mol. The molecule has 118 valence electrons.